The number of allylic oxidation sites excluding steroid dienone is 1. The summed E-state index contributed by atoms with van der Waals surface area (Å²) >= 11 is 0. The van der Waals surface area contributed by atoms with Crippen LogP contribution in [0.15, 0.2) is 48.5 Å². The van der Waals surface area contributed by atoms with Gasteiger partial charge in [-0.3, -0.25) is 0 Å². The lowest BCUT2D eigenvalue weighted by Gasteiger charge is -2.28. The molecule has 1 fully saturated rings. The molecule has 3 nitrogen and oxygen atoms in total. The highest BCUT2D eigenvalue weighted by Crippen LogP contribution is 2.30. The van der Waals surface area contributed by atoms with Crippen molar-refractivity contribution in [1.29, 1.82) is 5.26 Å². The second kappa shape index (κ2) is 7.63. The lowest BCUT2D eigenvalue weighted by atomic mass is 10.0. The van der Waals surface area contributed by atoms with Gasteiger partial charge in [-0.2, -0.15) is 18.4 Å². The average Bonchev–Trinajstić information content (AvgIpc) is 2.67. The second-order valence-corrected chi connectivity index (χ2v) is 5.94. The highest BCUT2D eigenvalue weighted by atomic mass is 19.4. The molecule has 0 aliphatic carbocycles. The first-order valence-corrected chi connectivity index (χ1v) is 8.19. The van der Waals surface area contributed by atoms with Crippen LogP contribution in [0.3, 0.4) is 0 Å². The number of benzene rings is 2. The first-order chi connectivity index (χ1) is 12.5. The Hall–Kier alpha value is -2.78. The van der Waals surface area contributed by atoms with Gasteiger partial charge in [0.25, 0.3) is 0 Å². The Morgan fingerprint density at radius 3 is 2.15 bits per heavy atom. The molecule has 3 rings (SSSR count). The van der Waals surface area contributed by atoms with Crippen LogP contribution in [0.25, 0.3) is 11.6 Å². The predicted molar refractivity (Wildman–Crippen MR) is 94.4 cm³/mol. The van der Waals surface area contributed by atoms with E-state index in [1.54, 1.807) is 6.08 Å². The van der Waals surface area contributed by atoms with Crippen molar-refractivity contribution in [2.75, 3.05) is 31.2 Å². The molecule has 2 aromatic rings. The normalized spacial score (nSPS) is 15.6. The Bertz CT molecular complexity index is 812. The standard InChI is InChI=1S/C20H17F3N2O/c21-20(22,23)18-5-3-16(4-6-18)17(14-24)13-15-1-7-19(8-2-15)25-9-11-26-12-10-25/h1-8,13H,9-12H2/b17-13-. The third-order valence-electron chi connectivity index (χ3n) is 4.22. The van der Waals surface area contributed by atoms with E-state index in [2.05, 4.69) is 11.0 Å². The van der Waals surface area contributed by atoms with Gasteiger partial charge >= 0.3 is 6.18 Å². The van der Waals surface area contributed by atoms with Crippen LogP contribution >= 0.6 is 0 Å². The molecule has 1 aliphatic heterocycles. The number of nitriles is 1. The van der Waals surface area contributed by atoms with Gasteiger partial charge in [-0.1, -0.05) is 24.3 Å². The minimum atomic E-state index is -4.38. The van der Waals surface area contributed by atoms with Crippen molar-refractivity contribution in [1.82, 2.24) is 0 Å². The third-order valence-corrected chi connectivity index (χ3v) is 4.22. The molecule has 1 heterocycles. The average molecular weight is 358 g/mol. The molecule has 0 bridgehead atoms. The van der Waals surface area contributed by atoms with Crippen molar-refractivity contribution in [2.45, 2.75) is 6.18 Å². The lowest BCUT2D eigenvalue weighted by Crippen LogP contribution is -2.36. The van der Waals surface area contributed by atoms with Crippen molar-refractivity contribution < 1.29 is 17.9 Å². The van der Waals surface area contributed by atoms with Crippen molar-refractivity contribution in [3.05, 3.63) is 65.2 Å². The fraction of sp³-hybridized carbons (Fsp3) is 0.250. The largest absolute Gasteiger partial charge is 0.416 e. The zero-order valence-electron chi connectivity index (χ0n) is 14.0. The Morgan fingerprint density at radius 1 is 1.00 bits per heavy atom. The minimum Gasteiger partial charge on any atom is -0.378 e. The summed E-state index contributed by atoms with van der Waals surface area (Å²) < 4.78 is 43.3. The summed E-state index contributed by atoms with van der Waals surface area (Å²) in [7, 11) is 0. The van der Waals surface area contributed by atoms with Crippen LogP contribution < -0.4 is 4.90 Å². The van der Waals surface area contributed by atoms with E-state index in [4.69, 9.17) is 4.74 Å². The van der Waals surface area contributed by atoms with E-state index in [0.29, 0.717) is 24.4 Å². The molecule has 134 valence electrons. The van der Waals surface area contributed by atoms with E-state index in [1.807, 2.05) is 24.3 Å². The highest BCUT2D eigenvalue weighted by Gasteiger charge is 2.30. The van der Waals surface area contributed by atoms with E-state index in [-0.39, 0.29) is 0 Å². The van der Waals surface area contributed by atoms with Crippen LogP contribution in [0.2, 0.25) is 0 Å². The summed E-state index contributed by atoms with van der Waals surface area (Å²) in [5.74, 6) is 0. The number of hydrogen-bond donors (Lipinski definition) is 0. The number of ether oxygens (including phenoxy) is 1. The number of rotatable bonds is 3. The first kappa shape index (κ1) is 18.0. The molecule has 0 aromatic heterocycles. The molecular formula is C20H17F3N2O. The maximum absolute atomic E-state index is 12.6. The number of alkyl halides is 3. The number of morpholine rings is 1. The topological polar surface area (TPSA) is 36.3 Å². The van der Waals surface area contributed by atoms with Gasteiger partial charge in [0.15, 0.2) is 0 Å². The number of anilines is 1. The molecule has 0 unspecified atom stereocenters. The predicted octanol–water partition coefficient (Wildman–Crippen LogP) is 4.61. The Labute approximate surface area is 149 Å². The number of hydrogen-bond acceptors (Lipinski definition) is 3. The van der Waals surface area contributed by atoms with E-state index in [0.717, 1.165) is 36.5 Å². The summed E-state index contributed by atoms with van der Waals surface area (Å²) in [6, 6.07) is 14.4. The maximum Gasteiger partial charge on any atom is 0.416 e. The highest BCUT2D eigenvalue weighted by molar-refractivity contribution is 5.89. The van der Waals surface area contributed by atoms with Gasteiger partial charge < -0.3 is 9.64 Å². The van der Waals surface area contributed by atoms with Gasteiger partial charge in [0.2, 0.25) is 0 Å². The van der Waals surface area contributed by atoms with Crippen LogP contribution in [0.4, 0.5) is 18.9 Å². The van der Waals surface area contributed by atoms with E-state index in [9.17, 15) is 18.4 Å². The van der Waals surface area contributed by atoms with E-state index >= 15 is 0 Å². The third kappa shape index (κ3) is 4.24. The van der Waals surface area contributed by atoms with Crippen LogP contribution in [0, 0.1) is 11.3 Å². The van der Waals surface area contributed by atoms with Gasteiger partial charge in [-0.25, -0.2) is 0 Å². The minimum absolute atomic E-state index is 0.317. The van der Waals surface area contributed by atoms with Crippen molar-refractivity contribution in [3.8, 4) is 6.07 Å². The molecule has 0 N–H and O–H groups in total. The molecule has 0 saturated carbocycles. The van der Waals surface area contributed by atoms with E-state index in [1.165, 1.54) is 12.1 Å². The molecular weight excluding hydrogens is 341 g/mol. The molecule has 2 aromatic carbocycles. The summed E-state index contributed by atoms with van der Waals surface area (Å²) in [5, 5.41) is 9.37. The first-order valence-electron chi connectivity index (χ1n) is 8.19. The summed E-state index contributed by atoms with van der Waals surface area (Å²) in [4.78, 5) is 2.22. The summed E-state index contributed by atoms with van der Waals surface area (Å²) in [5.41, 5.74) is 1.95. The van der Waals surface area contributed by atoms with Crippen molar-refractivity contribution in [3.63, 3.8) is 0 Å². The Kier molecular flexibility index (Phi) is 5.29. The zero-order valence-corrected chi connectivity index (χ0v) is 14.0. The van der Waals surface area contributed by atoms with Crippen LogP contribution in [0.1, 0.15) is 16.7 Å². The van der Waals surface area contributed by atoms with Gasteiger partial charge in [-0.15, -0.1) is 0 Å². The van der Waals surface area contributed by atoms with Crippen LogP contribution in [0.5, 0.6) is 0 Å². The molecule has 0 radical (unpaired) electrons. The van der Waals surface area contributed by atoms with Crippen molar-refractivity contribution >= 4 is 17.3 Å². The van der Waals surface area contributed by atoms with Crippen LogP contribution in [-0.4, -0.2) is 26.3 Å². The molecule has 1 aliphatic rings. The van der Waals surface area contributed by atoms with Gasteiger partial charge in [0, 0.05) is 18.8 Å². The summed E-state index contributed by atoms with van der Waals surface area (Å²) in [6.07, 6.45) is -2.71. The number of halogens is 3. The van der Waals surface area contributed by atoms with Gasteiger partial charge in [0.05, 0.1) is 30.4 Å². The van der Waals surface area contributed by atoms with Gasteiger partial charge in [0.1, 0.15) is 0 Å². The molecule has 1 saturated heterocycles. The fourth-order valence-corrected chi connectivity index (χ4v) is 2.79. The molecule has 6 heteroatoms. The summed E-state index contributed by atoms with van der Waals surface area (Å²) in [6.45, 7) is 3.08. The molecule has 0 amide bonds. The zero-order chi connectivity index (χ0) is 18.6. The monoisotopic (exact) mass is 358 g/mol. The SMILES string of the molecule is N#C/C(=C/c1ccc(N2CCOCC2)cc1)c1ccc(C(F)(F)F)cc1. The molecule has 0 spiro atoms. The Balaban J connectivity index is 1.79. The van der Waals surface area contributed by atoms with Crippen LogP contribution in [-0.2, 0) is 10.9 Å². The Morgan fingerprint density at radius 2 is 1.62 bits per heavy atom. The lowest BCUT2D eigenvalue weighted by molar-refractivity contribution is -0.137. The second-order valence-electron chi connectivity index (χ2n) is 5.94. The smallest absolute Gasteiger partial charge is 0.378 e. The van der Waals surface area contributed by atoms with E-state index < -0.39 is 11.7 Å². The molecule has 0 atom stereocenters. The number of nitrogens with zero attached hydrogens (tertiary/aromatic N) is 2. The van der Waals surface area contributed by atoms with Crippen molar-refractivity contribution in [2.24, 2.45) is 0 Å². The molecule has 26 heavy (non-hydrogen) atoms. The maximum atomic E-state index is 12.6. The van der Waals surface area contributed by atoms with Gasteiger partial charge in [-0.05, 0) is 41.5 Å². The quantitative estimate of drug-likeness (QED) is 0.594. The fourth-order valence-electron chi connectivity index (χ4n) is 2.79.